The summed E-state index contributed by atoms with van der Waals surface area (Å²) in [4.78, 5) is 12.1. The van der Waals surface area contributed by atoms with Crippen LogP contribution in [0.5, 0.6) is 0 Å². The number of hydrogen-bond acceptors (Lipinski definition) is 2. The van der Waals surface area contributed by atoms with E-state index in [2.05, 4.69) is 5.32 Å². The van der Waals surface area contributed by atoms with Crippen LogP contribution in [0, 0.1) is 5.41 Å². The van der Waals surface area contributed by atoms with Crippen molar-refractivity contribution in [1.82, 2.24) is 5.32 Å². The van der Waals surface area contributed by atoms with Crippen molar-refractivity contribution < 1.29 is 22.7 Å². The van der Waals surface area contributed by atoms with Crippen molar-refractivity contribution in [2.75, 3.05) is 13.2 Å². The molecule has 1 N–H and O–H groups in total. The second-order valence-corrected chi connectivity index (χ2v) is 6.83. The number of hydrogen-bond donors (Lipinski definition) is 1. The summed E-state index contributed by atoms with van der Waals surface area (Å²) >= 11 is 0. The highest BCUT2D eigenvalue weighted by molar-refractivity contribution is 5.76. The molecule has 1 unspecified atom stereocenters. The molecule has 2 fully saturated rings. The third kappa shape index (κ3) is 3.74. The van der Waals surface area contributed by atoms with Crippen molar-refractivity contribution in [3.63, 3.8) is 0 Å². The maximum atomic E-state index is 12.5. The zero-order valence-corrected chi connectivity index (χ0v) is 13.5. The Labute approximate surface area is 139 Å². The number of benzene rings is 1. The lowest BCUT2D eigenvalue weighted by atomic mass is 9.60. The minimum atomic E-state index is -4.32. The van der Waals surface area contributed by atoms with Crippen molar-refractivity contribution in [1.29, 1.82) is 0 Å². The van der Waals surface area contributed by atoms with Gasteiger partial charge in [0.1, 0.15) is 0 Å². The molecule has 1 aliphatic heterocycles. The minimum Gasteiger partial charge on any atom is -0.381 e. The molecule has 0 radical (unpaired) electrons. The summed E-state index contributed by atoms with van der Waals surface area (Å²) in [6.45, 7) is 1.52. The fourth-order valence-corrected chi connectivity index (χ4v) is 3.68. The third-order valence-corrected chi connectivity index (χ3v) is 5.42. The van der Waals surface area contributed by atoms with Gasteiger partial charge in [-0.25, -0.2) is 0 Å². The number of carbonyl (C=O) groups is 1. The van der Waals surface area contributed by atoms with Crippen molar-refractivity contribution in [2.24, 2.45) is 5.41 Å². The number of carbonyl (C=O) groups excluding carboxylic acids is 1. The van der Waals surface area contributed by atoms with Crippen LogP contribution in [-0.2, 0) is 22.1 Å². The number of halogens is 3. The van der Waals surface area contributed by atoms with Gasteiger partial charge in [0.05, 0.1) is 5.56 Å². The average molecular weight is 341 g/mol. The van der Waals surface area contributed by atoms with Crippen LogP contribution in [0.15, 0.2) is 24.3 Å². The highest BCUT2D eigenvalue weighted by Gasteiger charge is 2.47. The summed E-state index contributed by atoms with van der Waals surface area (Å²) in [5.74, 6) is -0.0227. The molecule has 0 bridgehead atoms. The molecule has 1 aromatic rings. The standard InChI is InChI=1S/C18H22F3NO2/c19-18(20,21)14-4-1-13(2-5-14)3-6-16(23)22-15-7-8-17(15)9-11-24-12-10-17/h1-2,4-5,15H,3,6-12H2,(H,22,23). The van der Waals surface area contributed by atoms with Crippen LogP contribution >= 0.6 is 0 Å². The second kappa shape index (κ2) is 6.75. The van der Waals surface area contributed by atoms with E-state index in [0.717, 1.165) is 56.6 Å². The number of nitrogens with one attached hydrogen (secondary N) is 1. The first-order valence-electron chi connectivity index (χ1n) is 8.42. The SMILES string of the molecule is O=C(CCc1ccc(C(F)(F)F)cc1)NC1CCC12CCOCC2. The molecule has 1 aromatic carbocycles. The van der Waals surface area contributed by atoms with E-state index < -0.39 is 11.7 Å². The van der Waals surface area contributed by atoms with E-state index in [9.17, 15) is 18.0 Å². The monoisotopic (exact) mass is 341 g/mol. The zero-order valence-electron chi connectivity index (χ0n) is 13.5. The molecule has 3 rings (SSSR count). The molecule has 3 nitrogen and oxygen atoms in total. The Bertz CT molecular complexity index is 577. The van der Waals surface area contributed by atoms with Crippen LogP contribution in [0.25, 0.3) is 0 Å². The third-order valence-electron chi connectivity index (χ3n) is 5.42. The van der Waals surface area contributed by atoms with Gasteiger partial charge >= 0.3 is 6.18 Å². The van der Waals surface area contributed by atoms with Crippen molar-refractivity contribution >= 4 is 5.91 Å². The molecule has 1 heterocycles. The van der Waals surface area contributed by atoms with Crippen LogP contribution in [0.1, 0.15) is 43.2 Å². The first-order valence-corrected chi connectivity index (χ1v) is 8.42. The Morgan fingerprint density at radius 2 is 1.83 bits per heavy atom. The maximum absolute atomic E-state index is 12.5. The smallest absolute Gasteiger partial charge is 0.381 e. The highest BCUT2D eigenvalue weighted by atomic mass is 19.4. The lowest BCUT2D eigenvalue weighted by Gasteiger charge is -2.52. The van der Waals surface area contributed by atoms with Crippen LogP contribution in [0.3, 0.4) is 0 Å². The van der Waals surface area contributed by atoms with Gasteiger partial charge in [-0.3, -0.25) is 4.79 Å². The molecule has 1 atom stereocenters. The van der Waals surface area contributed by atoms with Gasteiger partial charge in [0, 0.05) is 25.7 Å². The van der Waals surface area contributed by atoms with Gasteiger partial charge < -0.3 is 10.1 Å². The molecule has 1 spiro atoms. The number of ether oxygens (including phenoxy) is 1. The van der Waals surface area contributed by atoms with E-state index >= 15 is 0 Å². The van der Waals surface area contributed by atoms with Gasteiger partial charge in [0.15, 0.2) is 0 Å². The number of alkyl halides is 3. The molecule has 1 saturated carbocycles. The van der Waals surface area contributed by atoms with Crippen LogP contribution in [0.2, 0.25) is 0 Å². The number of rotatable bonds is 4. The van der Waals surface area contributed by atoms with Crippen molar-refractivity contribution in [2.45, 2.75) is 50.7 Å². The lowest BCUT2D eigenvalue weighted by Crippen LogP contribution is -2.57. The number of aryl methyl sites for hydroxylation is 1. The van der Waals surface area contributed by atoms with Gasteiger partial charge in [0.2, 0.25) is 5.91 Å². The molecule has 0 aromatic heterocycles. The Morgan fingerprint density at radius 1 is 1.17 bits per heavy atom. The highest BCUT2D eigenvalue weighted by Crippen LogP contribution is 2.48. The molecular weight excluding hydrogens is 319 g/mol. The van der Waals surface area contributed by atoms with E-state index in [4.69, 9.17) is 4.74 Å². The summed E-state index contributed by atoms with van der Waals surface area (Å²) in [6, 6.07) is 5.24. The average Bonchev–Trinajstić information content (AvgIpc) is 2.57. The fourth-order valence-electron chi connectivity index (χ4n) is 3.68. The lowest BCUT2D eigenvalue weighted by molar-refractivity contribution is -0.137. The van der Waals surface area contributed by atoms with Crippen LogP contribution in [-0.4, -0.2) is 25.2 Å². The normalized spacial score (nSPS) is 22.9. The van der Waals surface area contributed by atoms with Gasteiger partial charge in [0.25, 0.3) is 0 Å². The topological polar surface area (TPSA) is 38.3 Å². The molecule has 6 heteroatoms. The number of amides is 1. The van der Waals surface area contributed by atoms with Crippen LogP contribution < -0.4 is 5.32 Å². The first kappa shape index (κ1) is 17.3. The summed E-state index contributed by atoms with van der Waals surface area (Å²) in [6.07, 6.45) is 0.569. The molecule has 2 aliphatic rings. The van der Waals surface area contributed by atoms with E-state index in [1.54, 1.807) is 0 Å². The summed E-state index contributed by atoms with van der Waals surface area (Å²) in [5.41, 5.74) is 0.293. The van der Waals surface area contributed by atoms with Gasteiger partial charge in [-0.2, -0.15) is 13.2 Å². The van der Waals surface area contributed by atoms with Crippen molar-refractivity contribution in [3.05, 3.63) is 35.4 Å². The van der Waals surface area contributed by atoms with Gasteiger partial charge in [-0.05, 0) is 55.2 Å². The molecule has 24 heavy (non-hydrogen) atoms. The minimum absolute atomic E-state index is 0.0227. The summed E-state index contributed by atoms with van der Waals surface area (Å²) in [7, 11) is 0. The predicted octanol–water partition coefficient (Wildman–Crippen LogP) is 3.71. The van der Waals surface area contributed by atoms with E-state index in [0.29, 0.717) is 12.8 Å². The second-order valence-electron chi connectivity index (χ2n) is 6.83. The van der Waals surface area contributed by atoms with Gasteiger partial charge in [-0.1, -0.05) is 12.1 Å². The predicted molar refractivity (Wildman–Crippen MR) is 83.4 cm³/mol. The fraction of sp³-hybridized carbons (Fsp3) is 0.611. The molecular formula is C18H22F3NO2. The quantitative estimate of drug-likeness (QED) is 0.907. The van der Waals surface area contributed by atoms with E-state index in [-0.39, 0.29) is 17.4 Å². The molecule has 1 amide bonds. The Kier molecular flexibility index (Phi) is 4.85. The Morgan fingerprint density at radius 3 is 2.38 bits per heavy atom. The first-order chi connectivity index (χ1) is 11.4. The van der Waals surface area contributed by atoms with Gasteiger partial charge in [-0.15, -0.1) is 0 Å². The summed E-state index contributed by atoms with van der Waals surface area (Å²) < 4.78 is 43.0. The molecule has 1 saturated heterocycles. The Balaban J connectivity index is 1.47. The van der Waals surface area contributed by atoms with E-state index in [1.165, 1.54) is 12.1 Å². The van der Waals surface area contributed by atoms with Crippen LogP contribution in [0.4, 0.5) is 13.2 Å². The van der Waals surface area contributed by atoms with Crippen molar-refractivity contribution in [3.8, 4) is 0 Å². The zero-order chi connectivity index (χ0) is 17.2. The largest absolute Gasteiger partial charge is 0.416 e. The molecule has 1 aliphatic carbocycles. The Hall–Kier alpha value is -1.56. The summed E-state index contributed by atoms with van der Waals surface area (Å²) in [5, 5.41) is 3.11. The maximum Gasteiger partial charge on any atom is 0.416 e. The molecule has 132 valence electrons. The van der Waals surface area contributed by atoms with E-state index in [1.807, 2.05) is 0 Å².